The molecule has 0 saturated heterocycles. The number of para-hydroxylation sites is 2. The highest BCUT2D eigenvalue weighted by Gasteiger charge is 2.18. The van der Waals surface area contributed by atoms with Crippen molar-refractivity contribution in [3.05, 3.63) is 100 Å². The minimum atomic E-state index is 0.381. The van der Waals surface area contributed by atoms with Gasteiger partial charge in [-0.15, -0.1) is 0 Å². The van der Waals surface area contributed by atoms with E-state index in [1.165, 1.54) is 22.3 Å². The maximum atomic E-state index is 5.30. The lowest BCUT2D eigenvalue weighted by Crippen LogP contribution is -2.08. The third-order valence-electron chi connectivity index (χ3n) is 7.70. The van der Waals surface area contributed by atoms with Gasteiger partial charge in [-0.25, -0.2) is 4.98 Å². The number of aliphatic imine (C=N–C) groups is 2. The van der Waals surface area contributed by atoms with Crippen LogP contribution in [-0.4, -0.2) is 16.4 Å². The van der Waals surface area contributed by atoms with E-state index in [1.54, 1.807) is 0 Å². The van der Waals surface area contributed by atoms with Crippen molar-refractivity contribution in [3.63, 3.8) is 0 Å². The predicted molar refractivity (Wildman–Crippen MR) is 175 cm³/mol. The average molecular weight is 532 g/mol. The van der Waals surface area contributed by atoms with Crippen LogP contribution >= 0.6 is 0 Å². The second-order valence-corrected chi connectivity index (χ2v) is 12.2. The fraction of sp³-hybridized carbons (Fsp3) is 0.378. The van der Waals surface area contributed by atoms with Crippen LogP contribution in [0.15, 0.2) is 76.7 Å². The molecule has 0 radical (unpaired) electrons. The molecule has 0 aliphatic rings. The molecule has 0 N–H and O–H groups in total. The van der Waals surface area contributed by atoms with Gasteiger partial charge in [-0.05, 0) is 71.2 Å². The van der Waals surface area contributed by atoms with Crippen molar-refractivity contribution < 1.29 is 0 Å². The molecule has 0 atom stereocenters. The zero-order valence-electron chi connectivity index (χ0n) is 26.0. The number of rotatable bonds is 8. The lowest BCUT2D eigenvalue weighted by atomic mass is 9.92. The van der Waals surface area contributed by atoms with Crippen molar-refractivity contribution in [2.45, 2.75) is 92.9 Å². The summed E-state index contributed by atoms with van der Waals surface area (Å²) in [6.07, 6.45) is 0. The lowest BCUT2D eigenvalue weighted by Gasteiger charge is -2.18. The molecule has 1 heterocycles. The summed E-state index contributed by atoms with van der Waals surface area (Å²) in [5.74, 6) is 1.53. The van der Waals surface area contributed by atoms with Crippen LogP contribution in [0, 0.1) is 0 Å². The van der Waals surface area contributed by atoms with E-state index in [-0.39, 0.29) is 0 Å². The maximum absolute atomic E-state index is 5.30. The first-order valence-corrected chi connectivity index (χ1v) is 14.8. The number of hydrogen-bond acceptors (Lipinski definition) is 3. The molecule has 208 valence electrons. The first-order chi connectivity index (χ1) is 19.0. The van der Waals surface area contributed by atoms with E-state index in [0.717, 1.165) is 45.0 Å². The maximum Gasteiger partial charge on any atom is 0.0928 e. The van der Waals surface area contributed by atoms with Crippen molar-refractivity contribution in [1.82, 2.24) is 4.98 Å². The fourth-order valence-electron chi connectivity index (χ4n) is 5.39. The van der Waals surface area contributed by atoms with Gasteiger partial charge >= 0.3 is 0 Å². The molecule has 3 nitrogen and oxygen atoms in total. The molecule has 0 aliphatic carbocycles. The number of pyridine rings is 1. The third kappa shape index (κ3) is 6.09. The van der Waals surface area contributed by atoms with Crippen molar-refractivity contribution in [1.29, 1.82) is 0 Å². The summed E-state index contributed by atoms with van der Waals surface area (Å²) in [5, 5.41) is 2.26. The summed E-state index contributed by atoms with van der Waals surface area (Å²) < 4.78 is 0. The Morgan fingerprint density at radius 1 is 0.550 bits per heavy atom. The zero-order valence-corrected chi connectivity index (χ0v) is 26.0. The highest BCUT2D eigenvalue weighted by molar-refractivity contribution is 6.11. The molecule has 0 spiro atoms. The van der Waals surface area contributed by atoms with Crippen LogP contribution < -0.4 is 0 Å². The van der Waals surface area contributed by atoms with E-state index in [0.29, 0.717) is 23.7 Å². The smallest absolute Gasteiger partial charge is 0.0928 e. The van der Waals surface area contributed by atoms with E-state index < -0.39 is 0 Å². The van der Waals surface area contributed by atoms with Gasteiger partial charge < -0.3 is 0 Å². The summed E-state index contributed by atoms with van der Waals surface area (Å²) >= 11 is 0. The summed E-state index contributed by atoms with van der Waals surface area (Å²) in [6, 6.07) is 23.8. The first kappa shape index (κ1) is 29.4. The van der Waals surface area contributed by atoms with Gasteiger partial charge in [0.2, 0.25) is 0 Å². The van der Waals surface area contributed by atoms with E-state index in [2.05, 4.69) is 136 Å². The van der Waals surface area contributed by atoms with Gasteiger partial charge in [0.05, 0.1) is 34.2 Å². The molecule has 3 aromatic carbocycles. The lowest BCUT2D eigenvalue weighted by molar-refractivity contribution is 0.834. The molecule has 0 unspecified atom stereocenters. The van der Waals surface area contributed by atoms with Gasteiger partial charge in [0.1, 0.15) is 0 Å². The quantitative estimate of drug-likeness (QED) is 0.208. The molecule has 0 amide bonds. The van der Waals surface area contributed by atoms with E-state index in [1.807, 2.05) is 0 Å². The number of fused-ring (bicyclic) bond motifs is 1. The van der Waals surface area contributed by atoms with Crippen molar-refractivity contribution in [2.75, 3.05) is 0 Å². The normalized spacial score (nSPS) is 12.9. The fourth-order valence-corrected chi connectivity index (χ4v) is 5.39. The Bertz CT molecular complexity index is 1520. The predicted octanol–water partition coefficient (Wildman–Crippen LogP) is 11.0. The second kappa shape index (κ2) is 12.3. The summed E-state index contributed by atoms with van der Waals surface area (Å²) in [6.45, 7) is 22.1. The third-order valence-corrected chi connectivity index (χ3v) is 7.70. The largest absolute Gasteiger partial charge is 0.251 e. The van der Waals surface area contributed by atoms with Gasteiger partial charge in [0.15, 0.2) is 0 Å². The number of benzene rings is 3. The van der Waals surface area contributed by atoms with Gasteiger partial charge in [-0.3, -0.25) is 9.98 Å². The topological polar surface area (TPSA) is 37.6 Å². The van der Waals surface area contributed by atoms with Crippen LogP contribution in [0.3, 0.4) is 0 Å². The zero-order chi connectivity index (χ0) is 29.1. The molecule has 0 aliphatic heterocycles. The molecule has 0 fully saturated rings. The molecular formula is C37H45N3. The minimum Gasteiger partial charge on any atom is -0.251 e. The summed E-state index contributed by atoms with van der Waals surface area (Å²) in [5.41, 5.74) is 10.9. The summed E-state index contributed by atoms with van der Waals surface area (Å²) in [7, 11) is 0. The highest BCUT2D eigenvalue weighted by Crippen LogP contribution is 2.37. The van der Waals surface area contributed by atoms with E-state index >= 15 is 0 Å². The molecule has 1 aromatic heterocycles. The molecule has 0 saturated carbocycles. The molecule has 4 rings (SSSR count). The van der Waals surface area contributed by atoms with Gasteiger partial charge in [-0.1, -0.05) is 116 Å². The molecule has 3 heteroatoms. The molecule has 0 bridgehead atoms. The molecule has 40 heavy (non-hydrogen) atoms. The Hall–Kier alpha value is -3.59. The second-order valence-electron chi connectivity index (χ2n) is 12.2. The number of nitrogens with zero attached hydrogens (tertiary/aromatic N) is 3. The Balaban J connectivity index is 1.94. The van der Waals surface area contributed by atoms with Crippen LogP contribution in [0.4, 0.5) is 11.4 Å². The minimum absolute atomic E-state index is 0.381. The van der Waals surface area contributed by atoms with Crippen molar-refractivity contribution >= 4 is 33.6 Å². The van der Waals surface area contributed by atoms with Gasteiger partial charge in [0, 0.05) is 5.39 Å². The van der Waals surface area contributed by atoms with Gasteiger partial charge in [0.25, 0.3) is 0 Å². The Labute approximate surface area is 241 Å². The van der Waals surface area contributed by atoms with Crippen LogP contribution in [0.5, 0.6) is 0 Å². The highest BCUT2D eigenvalue weighted by atomic mass is 14.8. The van der Waals surface area contributed by atoms with Crippen LogP contribution in [0.1, 0.15) is 127 Å². The average Bonchev–Trinajstić information content (AvgIpc) is 2.91. The van der Waals surface area contributed by atoms with Crippen LogP contribution in [0.2, 0.25) is 0 Å². The van der Waals surface area contributed by atoms with Gasteiger partial charge in [-0.2, -0.15) is 0 Å². The van der Waals surface area contributed by atoms with Crippen LogP contribution in [-0.2, 0) is 0 Å². The number of aromatic nitrogens is 1. The monoisotopic (exact) mass is 531 g/mol. The van der Waals surface area contributed by atoms with E-state index in [9.17, 15) is 0 Å². The Morgan fingerprint density at radius 3 is 1.43 bits per heavy atom. The Kier molecular flexibility index (Phi) is 9.03. The van der Waals surface area contributed by atoms with Crippen LogP contribution in [0.25, 0.3) is 10.8 Å². The van der Waals surface area contributed by atoms with Crippen molar-refractivity contribution in [2.24, 2.45) is 9.98 Å². The standard InChI is InChI=1S/C37H45N3/c1-22(2)29-17-13-18-30(23(3)4)36(29)38-26(9)34-21-28-15-11-12-16-33(28)35(40-34)27(10)39-37-31(24(5)6)19-14-20-32(37)25(7)8/h11-25H,1-10H3. The molecule has 4 aromatic rings. The SMILES string of the molecule is CC(=Nc1c(C(C)C)cccc1C(C)C)c1cc2ccccc2c(C(C)=Nc2c(C(C)C)cccc2C(C)C)n1. The molecular weight excluding hydrogens is 486 g/mol. The van der Waals surface area contributed by atoms with Crippen molar-refractivity contribution in [3.8, 4) is 0 Å². The Morgan fingerprint density at radius 2 is 0.975 bits per heavy atom. The summed E-state index contributed by atoms with van der Waals surface area (Å²) in [4.78, 5) is 15.8. The number of hydrogen-bond donors (Lipinski definition) is 0. The van der Waals surface area contributed by atoms with E-state index in [4.69, 9.17) is 15.0 Å². The first-order valence-electron chi connectivity index (χ1n) is 14.8.